The van der Waals surface area contributed by atoms with Crippen LogP contribution in [0.3, 0.4) is 0 Å². The summed E-state index contributed by atoms with van der Waals surface area (Å²) in [5, 5.41) is 0. The van der Waals surface area contributed by atoms with Crippen molar-refractivity contribution >= 4 is 17.9 Å². The molecule has 0 fully saturated rings. The molecule has 1 aliphatic rings. The van der Waals surface area contributed by atoms with Crippen LogP contribution in [-0.4, -0.2) is 26.1 Å². The molecule has 0 saturated carbocycles. The lowest BCUT2D eigenvalue weighted by Crippen LogP contribution is -2.06. The maximum Gasteiger partial charge on any atom is 0.363 e. The minimum Gasteiger partial charge on any atom is -0.497 e. The van der Waals surface area contributed by atoms with Crippen LogP contribution >= 0.6 is 0 Å². The Balaban J connectivity index is 1.97. The summed E-state index contributed by atoms with van der Waals surface area (Å²) in [4.78, 5) is 16.2. The fourth-order valence-corrected chi connectivity index (χ4v) is 2.22. The van der Waals surface area contributed by atoms with Gasteiger partial charge in [0, 0.05) is 11.6 Å². The molecule has 6 heteroatoms. The molecule has 3 rings (SSSR count). The Morgan fingerprint density at radius 3 is 2.42 bits per heavy atom. The molecule has 0 radical (unpaired) electrons. The van der Waals surface area contributed by atoms with Crippen molar-refractivity contribution < 1.29 is 23.4 Å². The van der Waals surface area contributed by atoms with Crippen LogP contribution in [0.25, 0.3) is 6.08 Å². The van der Waals surface area contributed by atoms with Gasteiger partial charge in [0.2, 0.25) is 5.90 Å². The third kappa shape index (κ3) is 3.27. The molecule has 2 aromatic carbocycles. The van der Waals surface area contributed by atoms with Crippen LogP contribution in [0.5, 0.6) is 11.5 Å². The largest absolute Gasteiger partial charge is 0.497 e. The van der Waals surface area contributed by atoms with Gasteiger partial charge in [-0.2, -0.15) is 0 Å². The van der Waals surface area contributed by atoms with E-state index in [1.165, 1.54) is 32.4 Å². The van der Waals surface area contributed by atoms with E-state index < -0.39 is 11.8 Å². The molecular formula is C18H14FNO4. The zero-order valence-corrected chi connectivity index (χ0v) is 13.1. The van der Waals surface area contributed by atoms with Crippen LogP contribution in [0.1, 0.15) is 11.1 Å². The molecule has 2 aromatic rings. The van der Waals surface area contributed by atoms with Crippen LogP contribution in [0.4, 0.5) is 4.39 Å². The van der Waals surface area contributed by atoms with Crippen molar-refractivity contribution in [3.05, 3.63) is 65.1 Å². The summed E-state index contributed by atoms with van der Waals surface area (Å²) in [7, 11) is 3.05. The van der Waals surface area contributed by atoms with Gasteiger partial charge in [0.15, 0.2) is 5.70 Å². The van der Waals surface area contributed by atoms with E-state index in [9.17, 15) is 9.18 Å². The Kier molecular flexibility index (Phi) is 4.29. The van der Waals surface area contributed by atoms with E-state index in [-0.39, 0.29) is 11.6 Å². The van der Waals surface area contributed by atoms with E-state index in [4.69, 9.17) is 14.2 Å². The molecule has 0 unspecified atom stereocenters. The third-order valence-electron chi connectivity index (χ3n) is 3.37. The Hall–Kier alpha value is -3.15. The highest BCUT2D eigenvalue weighted by Crippen LogP contribution is 2.26. The molecule has 1 heterocycles. The van der Waals surface area contributed by atoms with Crippen molar-refractivity contribution in [2.45, 2.75) is 0 Å². The molecule has 0 aliphatic carbocycles. The number of carbonyl (C=O) groups excluding carboxylic acids is 1. The Morgan fingerprint density at radius 1 is 1.08 bits per heavy atom. The number of carbonyl (C=O) groups is 1. The number of hydrogen-bond donors (Lipinski definition) is 0. The number of halogens is 1. The number of aliphatic imine (C=N–C) groups is 1. The number of benzene rings is 2. The smallest absolute Gasteiger partial charge is 0.363 e. The third-order valence-corrected chi connectivity index (χ3v) is 3.37. The number of nitrogens with zero attached hydrogens (tertiary/aromatic N) is 1. The second-order valence-electron chi connectivity index (χ2n) is 4.99. The Morgan fingerprint density at radius 2 is 1.79 bits per heavy atom. The van der Waals surface area contributed by atoms with E-state index in [0.29, 0.717) is 22.6 Å². The van der Waals surface area contributed by atoms with Crippen LogP contribution in [0.15, 0.2) is 53.2 Å². The van der Waals surface area contributed by atoms with E-state index >= 15 is 0 Å². The first-order valence-corrected chi connectivity index (χ1v) is 7.10. The van der Waals surface area contributed by atoms with E-state index in [1.807, 2.05) is 0 Å². The molecule has 24 heavy (non-hydrogen) atoms. The minimum atomic E-state index is -0.601. The first kappa shape index (κ1) is 15.7. The fourth-order valence-electron chi connectivity index (χ4n) is 2.22. The maximum atomic E-state index is 13.2. The maximum absolute atomic E-state index is 13.2. The van der Waals surface area contributed by atoms with Crippen molar-refractivity contribution in [2.24, 2.45) is 4.99 Å². The topological polar surface area (TPSA) is 57.1 Å². The predicted molar refractivity (Wildman–Crippen MR) is 86.6 cm³/mol. The quantitative estimate of drug-likeness (QED) is 0.639. The molecule has 0 spiro atoms. The molecule has 0 bridgehead atoms. The summed E-state index contributed by atoms with van der Waals surface area (Å²) >= 11 is 0. The highest BCUT2D eigenvalue weighted by molar-refractivity contribution is 6.13. The second-order valence-corrected chi connectivity index (χ2v) is 4.99. The molecular weight excluding hydrogens is 313 g/mol. The highest BCUT2D eigenvalue weighted by atomic mass is 19.1. The number of hydrogen-bond acceptors (Lipinski definition) is 5. The first-order chi connectivity index (χ1) is 11.6. The van der Waals surface area contributed by atoms with Gasteiger partial charge in [-0.1, -0.05) is 12.1 Å². The summed E-state index contributed by atoms with van der Waals surface area (Å²) in [6.07, 6.45) is 1.47. The van der Waals surface area contributed by atoms with Gasteiger partial charge in [-0.3, -0.25) is 0 Å². The zero-order valence-electron chi connectivity index (χ0n) is 13.1. The van der Waals surface area contributed by atoms with Crippen LogP contribution in [0, 0.1) is 5.82 Å². The molecule has 0 saturated heterocycles. The molecule has 5 nitrogen and oxygen atoms in total. The lowest BCUT2D eigenvalue weighted by Gasteiger charge is -2.07. The van der Waals surface area contributed by atoms with Gasteiger partial charge < -0.3 is 14.2 Å². The van der Waals surface area contributed by atoms with Crippen molar-refractivity contribution in [3.63, 3.8) is 0 Å². The Bertz CT molecular complexity index is 836. The standard InChI is InChI=1S/C18H14FNO4/c1-22-14-8-12(9-15(10-14)23-2)17-20-16(18(21)24-17)7-11-4-3-5-13(19)6-11/h3-10H,1-2H3/b16-7-. The van der Waals surface area contributed by atoms with Crippen LogP contribution < -0.4 is 9.47 Å². The summed E-state index contributed by atoms with van der Waals surface area (Å²) in [6, 6.07) is 10.9. The van der Waals surface area contributed by atoms with E-state index in [1.54, 1.807) is 30.3 Å². The molecule has 0 amide bonds. The average molecular weight is 327 g/mol. The van der Waals surface area contributed by atoms with Crippen molar-refractivity contribution in [1.29, 1.82) is 0 Å². The van der Waals surface area contributed by atoms with Crippen LogP contribution in [-0.2, 0) is 9.53 Å². The highest BCUT2D eigenvalue weighted by Gasteiger charge is 2.25. The normalized spacial score (nSPS) is 15.2. The monoisotopic (exact) mass is 327 g/mol. The molecule has 0 aromatic heterocycles. The Labute approximate surface area is 138 Å². The summed E-state index contributed by atoms with van der Waals surface area (Å²) in [5.41, 5.74) is 1.16. The van der Waals surface area contributed by atoms with Gasteiger partial charge in [0.05, 0.1) is 14.2 Å². The van der Waals surface area contributed by atoms with Gasteiger partial charge in [0.25, 0.3) is 0 Å². The zero-order chi connectivity index (χ0) is 17.1. The fraction of sp³-hybridized carbons (Fsp3) is 0.111. The number of cyclic esters (lactones) is 1. The predicted octanol–water partition coefficient (Wildman–Crippen LogP) is 3.19. The lowest BCUT2D eigenvalue weighted by atomic mass is 10.2. The summed E-state index contributed by atoms with van der Waals surface area (Å²) < 4.78 is 28.8. The average Bonchev–Trinajstić information content (AvgIpc) is 2.95. The number of methoxy groups -OCH3 is 2. The van der Waals surface area contributed by atoms with Crippen molar-refractivity contribution in [2.75, 3.05) is 14.2 Å². The van der Waals surface area contributed by atoms with Gasteiger partial charge in [-0.15, -0.1) is 0 Å². The van der Waals surface area contributed by atoms with Crippen molar-refractivity contribution in [1.82, 2.24) is 0 Å². The van der Waals surface area contributed by atoms with Crippen molar-refractivity contribution in [3.8, 4) is 11.5 Å². The number of ether oxygens (including phenoxy) is 3. The SMILES string of the molecule is COc1cc(OC)cc(C2=N/C(=C\c3cccc(F)c3)C(=O)O2)c1. The molecule has 0 N–H and O–H groups in total. The van der Waals surface area contributed by atoms with Gasteiger partial charge in [-0.05, 0) is 35.9 Å². The number of esters is 1. The first-order valence-electron chi connectivity index (χ1n) is 7.10. The number of rotatable bonds is 4. The molecule has 1 aliphatic heterocycles. The van der Waals surface area contributed by atoms with E-state index in [0.717, 1.165) is 0 Å². The summed E-state index contributed by atoms with van der Waals surface area (Å²) in [6.45, 7) is 0. The summed E-state index contributed by atoms with van der Waals surface area (Å²) in [5.74, 6) is 0.240. The molecule has 122 valence electrons. The lowest BCUT2D eigenvalue weighted by molar-refractivity contribution is -0.129. The van der Waals surface area contributed by atoms with E-state index in [2.05, 4.69) is 4.99 Å². The second kappa shape index (κ2) is 6.54. The van der Waals surface area contributed by atoms with Crippen LogP contribution in [0.2, 0.25) is 0 Å². The van der Waals surface area contributed by atoms with Gasteiger partial charge >= 0.3 is 5.97 Å². The minimum absolute atomic E-state index is 0.0948. The van der Waals surface area contributed by atoms with Gasteiger partial charge in [0.1, 0.15) is 17.3 Å². The molecule has 0 atom stereocenters. The van der Waals surface area contributed by atoms with Gasteiger partial charge in [-0.25, -0.2) is 14.2 Å².